The molecule has 7 atom stereocenters. The van der Waals surface area contributed by atoms with Crippen molar-refractivity contribution >= 4 is 47.3 Å². The number of carbonyl (C=O) groups excluding carboxylic acids is 8. The number of nitrogens with one attached hydrogen (secondary N) is 5. The normalized spacial score (nSPS) is 28.2. The number of benzene rings is 1. The number of fused-ring (bicyclic) bond motifs is 2. The maximum Gasteiger partial charge on any atom is 0.246 e. The maximum atomic E-state index is 14.1. The number of amides is 8. The van der Waals surface area contributed by atoms with Crippen LogP contribution in [0.2, 0.25) is 0 Å². The highest BCUT2D eigenvalue weighted by molar-refractivity contribution is 6.00. The monoisotopic (exact) mass is 752 g/mol. The van der Waals surface area contributed by atoms with Crippen molar-refractivity contribution in [1.29, 1.82) is 0 Å². The van der Waals surface area contributed by atoms with Crippen LogP contribution in [0.15, 0.2) is 30.3 Å². The van der Waals surface area contributed by atoms with Crippen LogP contribution < -0.4 is 32.3 Å². The first kappa shape index (κ1) is 41.7. The lowest BCUT2D eigenvalue weighted by Crippen LogP contribution is -2.61. The zero-order chi connectivity index (χ0) is 39.9. The van der Waals surface area contributed by atoms with Gasteiger partial charge in [-0.3, -0.25) is 38.4 Å². The Morgan fingerprint density at radius 2 is 1.06 bits per heavy atom. The number of nitrogens with two attached hydrogens (primary N) is 1. The van der Waals surface area contributed by atoms with Crippen LogP contribution in [-0.4, -0.2) is 112 Å². The van der Waals surface area contributed by atoms with E-state index >= 15 is 0 Å². The average Bonchev–Trinajstić information content (AvgIpc) is 3.81. The van der Waals surface area contributed by atoms with E-state index in [1.165, 1.54) is 9.80 Å². The fourth-order valence-corrected chi connectivity index (χ4v) is 7.30. The van der Waals surface area contributed by atoms with Crippen LogP contribution in [0.25, 0.3) is 0 Å². The number of nitrogens with zero attached hydrogens (tertiary/aromatic N) is 2. The van der Waals surface area contributed by atoms with Gasteiger partial charge in [-0.25, -0.2) is 0 Å². The van der Waals surface area contributed by atoms with Crippen molar-refractivity contribution in [3.8, 4) is 0 Å². The van der Waals surface area contributed by atoms with Crippen LogP contribution in [-0.2, 0) is 44.8 Å². The minimum atomic E-state index is -1.45. The van der Waals surface area contributed by atoms with Crippen molar-refractivity contribution < 1.29 is 38.4 Å². The van der Waals surface area contributed by atoms with Gasteiger partial charge in [0.1, 0.15) is 42.3 Å². The Balaban J connectivity index is 1.77. The molecule has 3 aliphatic rings. The SMILES string of the molecule is CC(C)C1NC(=O)[C@H](Cc2ccccc2)NC(=O)[C@@H]2CCCN2C(=O)[C@H](CC(N)=O)NC(=O)[C@H](C(C)C)NC(=O)[C@@H]2CCCN2C(=O)[C@H](C(C)C)NC1=O. The maximum absolute atomic E-state index is 14.1. The van der Waals surface area contributed by atoms with Gasteiger partial charge in [-0.15, -0.1) is 0 Å². The third-order valence-corrected chi connectivity index (χ3v) is 10.3. The summed E-state index contributed by atoms with van der Waals surface area (Å²) in [5.41, 5.74) is 6.24. The number of primary amides is 1. The lowest BCUT2D eigenvalue weighted by atomic mass is 9.98. The molecule has 3 heterocycles. The second-order valence-electron chi connectivity index (χ2n) is 15.6. The molecular formula is C38H56N8O8. The second-order valence-corrected chi connectivity index (χ2v) is 15.6. The van der Waals surface area contributed by atoms with Crippen molar-refractivity contribution in [2.24, 2.45) is 23.5 Å². The van der Waals surface area contributed by atoms with Crippen LogP contribution in [0.3, 0.4) is 0 Å². The zero-order valence-electron chi connectivity index (χ0n) is 32.1. The third-order valence-electron chi connectivity index (χ3n) is 10.3. The molecule has 8 amide bonds. The smallest absolute Gasteiger partial charge is 0.246 e. The quantitative estimate of drug-likeness (QED) is 0.212. The van der Waals surface area contributed by atoms with E-state index in [2.05, 4.69) is 26.6 Å². The summed E-state index contributed by atoms with van der Waals surface area (Å²) < 4.78 is 0. The van der Waals surface area contributed by atoms with Crippen molar-refractivity contribution in [3.05, 3.63) is 35.9 Å². The van der Waals surface area contributed by atoms with Crippen LogP contribution in [0.1, 0.15) is 79.2 Å². The van der Waals surface area contributed by atoms with E-state index in [1.807, 2.05) is 6.07 Å². The minimum absolute atomic E-state index is 0.0624. The highest BCUT2D eigenvalue weighted by Gasteiger charge is 2.43. The summed E-state index contributed by atoms with van der Waals surface area (Å²) >= 11 is 0. The highest BCUT2D eigenvalue weighted by Crippen LogP contribution is 2.23. The number of carbonyl (C=O) groups is 8. The molecule has 4 rings (SSSR count). The lowest BCUT2D eigenvalue weighted by molar-refractivity contribution is -0.144. The van der Waals surface area contributed by atoms with Gasteiger partial charge in [-0.05, 0) is 49.0 Å². The number of hydrogen-bond acceptors (Lipinski definition) is 8. The molecule has 0 aliphatic carbocycles. The average molecular weight is 753 g/mol. The Morgan fingerprint density at radius 1 is 0.611 bits per heavy atom. The number of hydrogen-bond donors (Lipinski definition) is 6. The predicted octanol–water partition coefficient (Wildman–Crippen LogP) is -0.508. The van der Waals surface area contributed by atoms with E-state index in [1.54, 1.807) is 65.8 Å². The molecule has 16 nitrogen and oxygen atoms in total. The predicted molar refractivity (Wildman–Crippen MR) is 198 cm³/mol. The first-order valence-electron chi connectivity index (χ1n) is 18.9. The molecule has 3 saturated heterocycles. The molecule has 0 radical (unpaired) electrons. The Kier molecular flexibility index (Phi) is 14.2. The van der Waals surface area contributed by atoms with Crippen molar-refractivity contribution in [2.45, 2.75) is 122 Å². The van der Waals surface area contributed by atoms with Gasteiger partial charge in [0.15, 0.2) is 0 Å². The van der Waals surface area contributed by atoms with Gasteiger partial charge in [0.25, 0.3) is 0 Å². The largest absolute Gasteiger partial charge is 0.370 e. The van der Waals surface area contributed by atoms with E-state index in [9.17, 15) is 38.4 Å². The van der Waals surface area contributed by atoms with Crippen LogP contribution in [0, 0.1) is 17.8 Å². The van der Waals surface area contributed by atoms with Gasteiger partial charge >= 0.3 is 0 Å². The summed E-state index contributed by atoms with van der Waals surface area (Å²) in [6.45, 7) is 10.8. The van der Waals surface area contributed by atoms with E-state index in [0.717, 1.165) is 5.56 Å². The van der Waals surface area contributed by atoms with E-state index in [4.69, 9.17) is 5.73 Å². The van der Waals surface area contributed by atoms with E-state index < -0.39 is 114 Å². The van der Waals surface area contributed by atoms with Gasteiger partial charge in [0.05, 0.1) is 6.42 Å². The first-order valence-corrected chi connectivity index (χ1v) is 18.9. The summed E-state index contributed by atoms with van der Waals surface area (Å²) in [5, 5.41) is 13.8. The van der Waals surface area contributed by atoms with Crippen LogP contribution in [0.5, 0.6) is 0 Å². The van der Waals surface area contributed by atoms with Gasteiger partial charge < -0.3 is 42.1 Å². The molecular weight excluding hydrogens is 696 g/mol. The highest BCUT2D eigenvalue weighted by atomic mass is 16.2. The van der Waals surface area contributed by atoms with Crippen molar-refractivity contribution in [1.82, 2.24) is 36.4 Å². The molecule has 0 spiro atoms. The van der Waals surface area contributed by atoms with Gasteiger partial charge in [-0.2, -0.15) is 0 Å². The van der Waals surface area contributed by atoms with Crippen molar-refractivity contribution in [2.75, 3.05) is 13.1 Å². The minimum Gasteiger partial charge on any atom is -0.370 e. The molecule has 1 unspecified atom stereocenters. The third kappa shape index (κ3) is 10.1. The summed E-state index contributed by atoms with van der Waals surface area (Å²) in [6.07, 6.45) is 1.01. The molecule has 0 saturated carbocycles. The Hall–Kier alpha value is -5.02. The molecule has 1 aromatic rings. The van der Waals surface area contributed by atoms with Crippen LogP contribution in [0.4, 0.5) is 0 Å². The molecule has 54 heavy (non-hydrogen) atoms. The summed E-state index contributed by atoms with van der Waals surface area (Å²) in [6, 6.07) is 1.08. The molecule has 296 valence electrons. The van der Waals surface area contributed by atoms with Crippen LogP contribution >= 0.6 is 0 Å². The Bertz CT molecular complexity index is 1580. The molecule has 0 bridgehead atoms. The molecule has 16 heteroatoms. The molecule has 3 fully saturated rings. The standard InChI is InChI=1S/C38H56N8O8/c1-20(2)29-35(51)41-25(19-28(39)47)37(53)45-16-10-14-26(45)33(49)40-24(18-23-12-8-7-9-13-23)32(48)42-30(21(3)4)36(52)44-31(22(5)6)38(54)46-17-11-15-27(46)34(50)43-29/h7-9,12-13,20-22,24-27,29-31H,10-11,14-19H2,1-6H3,(H2,39,47)(H,40,49)(H,41,51)(H,42,48)(H,43,50)(H,44,52)/t24-,25-,26-,27-,29-,30?,31-/m0/s1. The first-order chi connectivity index (χ1) is 25.5. The van der Waals surface area contributed by atoms with Gasteiger partial charge in [0.2, 0.25) is 47.3 Å². The molecule has 7 N–H and O–H groups in total. The Labute approximate surface area is 316 Å². The lowest BCUT2D eigenvalue weighted by Gasteiger charge is -2.33. The number of rotatable bonds is 7. The Morgan fingerprint density at radius 3 is 1.57 bits per heavy atom. The molecule has 1 aromatic carbocycles. The molecule has 3 aliphatic heterocycles. The summed E-state index contributed by atoms with van der Waals surface area (Å²) in [7, 11) is 0. The second kappa shape index (κ2) is 18.3. The van der Waals surface area contributed by atoms with E-state index in [-0.39, 0.29) is 25.9 Å². The fraction of sp³-hybridized carbons (Fsp3) is 0.632. The summed E-state index contributed by atoms with van der Waals surface area (Å²) in [4.78, 5) is 113. The van der Waals surface area contributed by atoms with Crippen molar-refractivity contribution in [3.63, 3.8) is 0 Å². The zero-order valence-corrected chi connectivity index (χ0v) is 32.1. The fourth-order valence-electron chi connectivity index (χ4n) is 7.30. The van der Waals surface area contributed by atoms with E-state index in [0.29, 0.717) is 19.3 Å². The van der Waals surface area contributed by atoms with Gasteiger partial charge in [-0.1, -0.05) is 71.9 Å². The van der Waals surface area contributed by atoms with Gasteiger partial charge in [0, 0.05) is 19.5 Å². The summed E-state index contributed by atoms with van der Waals surface area (Å²) in [5.74, 6) is -6.58. The molecule has 0 aromatic heterocycles. The topological polar surface area (TPSA) is 229 Å².